The molecule has 4 nitrogen and oxygen atoms in total. The van der Waals surface area contributed by atoms with Gasteiger partial charge in [0.1, 0.15) is 11.8 Å². The minimum Gasteiger partial charge on any atom is -0.478 e. The van der Waals surface area contributed by atoms with E-state index in [1.54, 1.807) is 24.3 Å². The molecule has 0 atom stereocenters. The fourth-order valence-electron chi connectivity index (χ4n) is 2.15. The van der Waals surface area contributed by atoms with Crippen LogP contribution in [0.15, 0.2) is 36.4 Å². The van der Waals surface area contributed by atoms with Gasteiger partial charge in [0.05, 0.1) is 5.56 Å². The fraction of sp³-hybridized carbons (Fsp3) is 0.125. The fourth-order valence-corrected chi connectivity index (χ4v) is 2.15. The topological polar surface area (TPSA) is 82.9 Å². The molecular formula is C16H12F3N3O. The number of anilines is 1. The third-order valence-electron chi connectivity index (χ3n) is 3.15. The van der Waals surface area contributed by atoms with Gasteiger partial charge in [0.25, 0.3) is 0 Å². The highest BCUT2D eigenvalue weighted by atomic mass is 19.4. The zero-order valence-electron chi connectivity index (χ0n) is 11.8. The maximum Gasteiger partial charge on any atom is 0.416 e. The van der Waals surface area contributed by atoms with Crippen molar-refractivity contribution in [2.24, 2.45) is 0 Å². The number of nitrogens with one attached hydrogen (secondary N) is 1. The van der Waals surface area contributed by atoms with Crippen molar-refractivity contribution >= 4 is 11.9 Å². The lowest BCUT2D eigenvalue weighted by atomic mass is 9.95. The summed E-state index contributed by atoms with van der Waals surface area (Å²) in [6.45, 7) is -0.245. The molecule has 2 aromatic rings. The van der Waals surface area contributed by atoms with Gasteiger partial charge in [-0.05, 0) is 23.8 Å². The molecule has 0 heterocycles. The predicted molar refractivity (Wildman–Crippen MR) is 80.3 cm³/mol. The Kier molecular flexibility index (Phi) is 4.55. The molecule has 0 spiro atoms. The first kappa shape index (κ1) is 16.4. The lowest BCUT2D eigenvalue weighted by molar-refractivity contribution is -0.137. The molecule has 3 N–H and O–H groups in total. The Morgan fingerprint density at radius 2 is 1.91 bits per heavy atom. The van der Waals surface area contributed by atoms with Gasteiger partial charge in [-0.25, -0.2) is 0 Å². The normalized spacial score (nSPS) is 10.9. The quantitative estimate of drug-likeness (QED) is 0.663. The van der Waals surface area contributed by atoms with Gasteiger partial charge < -0.3 is 15.9 Å². The monoisotopic (exact) mass is 319 g/mol. The number of nitrogens with zero attached hydrogens (tertiary/aromatic N) is 1. The zero-order valence-corrected chi connectivity index (χ0v) is 11.8. The van der Waals surface area contributed by atoms with Crippen LogP contribution < -0.4 is 10.5 Å². The molecule has 2 aromatic carbocycles. The van der Waals surface area contributed by atoms with E-state index in [1.807, 2.05) is 0 Å². The van der Waals surface area contributed by atoms with Crippen LogP contribution in [-0.2, 0) is 6.18 Å². The Morgan fingerprint density at radius 3 is 2.52 bits per heavy atom. The number of nitriles is 1. The van der Waals surface area contributed by atoms with E-state index < -0.39 is 11.7 Å². The van der Waals surface area contributed by atoms with Crippen LogP contribution in [0.5, 0.6) is 5.75 Å². The van der Waals surface area contributed by atoms with Crippen LogP contribution in [0.25, 0.3) is 11.1 Å². The number of alkyl halides is 3. The zero-order chi connectivity index (χ0) is 17.0. The Hall–Kier alpha value is -3.01. The van der Waals surface area contributed by atoms with E-state index >= 15 is 0 Å². The van der Waals surface area contributed by atoms with Gasteiger partial charge in [0.2, 0.25) is 0 Å². The third kappa shape index (κ3) is 3.43. The molecule has 0 saturated heterocycles. The highest BCUT2D eigenvalue weighted by molar-refractivity contribution is 5.96. The standard InChI is InChI=1S/C16H12F3N3O/c17-16(18,19)10-7-12(13(9-21)14(22)8-10)11-3-1-2-4-15(11)23-6-5-20/h1-4,7-9,21H,6,22H2. The molecule has 2 rings (SSSR count). The molecule has 23 heavy (non-hydrogen) atoms. The van der Waals surface area contributed by atoms with Crippen LogP contribution in [0.2, 0.25) is 0 Å². The van der Waals surface area contributed by atoms with Gasteiger partial charge >= 0.3 is 6.18 Å². The van der Waals surface area contributed by atoms with Crippen LogP contribution in [0.3, 0.4) is 0 Å². The summed E-state index contributed by atoms with van der Waals surface area (Å²) in [4.78, 5) is 0. The van der Waals surface area contributed by atoms with Gasteiger partial charge in [-0.2, -0.15) is 18.4 Å². The van der Waals surface area contributed by atoms with Gasteiger partial charge in [0.15, 0.2) is 6.61 Å². The number of nitrogen functional groups attached to an aromatic ring is 1. The maximum atomic E-state index is 13.0. The van der Waals surface area contributed by atoms with Crippen molar-refractivity contribution in [1.82, 2.24) is 0 Å². The van der Waals surface area contributed by atoms with E-state index in [4.69, 9.17) is 21.1 Å². The van der Waals surface area contributed by atoms with Crippen LogP contribution in [0.1, 0.15) is 11.1 Å². The molecule has 0 radical (unpaired) electrons. The number of para-hydroxylation sites is 1. The first-order chi connectivity index (χ1) is 10.9. The summed E-state index contributed by atoms with van der Waals surface area (Å²) < 4.78 is 44.3. The van der Waals surface area contributed by atoms with Gasteiger partial charge in [-0.3, -0.25) is 0 Å². The number of nitrogens with two attached hydrogens (primary N) is 1. The minimum absolute atomic E-state index is 0.126. The van der Waals surface area contributed by atoms with Crippen LogP contribution >= 0.6 is 0 Å². The van der Waals surface area contributed by atoms with E-state index in [2.05, 4.69) is 0 Å². The summed E-state index contributed by atoms with van der Waals surface area (Å²) >= 11 is 0. The SMILES string of the molecule is N#CCOc1ccccc1-c1cc(C(F)(F)F)cc(N)c1C=N. The first-order valence-corrected chi connectivity index (χ1v) is 6.48. The van der Waals surface area contributed by atoms with Crippen LogP contribution in [0, 0.1) is 16.7 Å². The van der Waals surface area contributed by atoms with Crippen LogP contribution in [-0.4, -0.2) is 12.8 Å². The first-order valence-electron chi connectivity index (χ1n) is 6.48. The smallest absolute Gasteiger partial charge is 0.416 e. The second-order valence-electron chi connectivity index (χ2n) is 4.61. The van der Waals surface area contributed by atoms with Crippen molar-refractivity contribution in [2.75, 3.05) is 12.3 Å². The molecular weight excluding hydrogens is 307 g/mol. The molecule has 118 valence electrons. The molecule has 0 aromatic heterocycles. The second-order valence-corrected chi connectivity index (χ2v) is 4.61. The average molecular weight is 319 g/mol. The summed E-state index contributed by atoms with van der Waals surface area (Å²) in [6.07, 6.45) is -3.67. The van der Waals surface area contributed by atoms with Crippen molar-refractivity contribution in [3.05, 3.63) is 47.5 Å². The summed E-state index contributed by atoms with van der Waals surface area (Å²) in [6, 6.07) is 9.86. The minimum atomic E-state index is -4.56. The van der Waals surface area contributed by atoms with E-state index in [0.717, 1.165) is 18.3 Å². The Balaban J connectivity index is 2.70. The molecule has 0 fully saturated rings. The second kappa shape index (κ2) is 6.40. The summed E-state index contributed by atoms with van der Waals surface area (Å²) in [5.74, 6) is 0.246. The van der Waals surface area contributed by atoms with E-state index in [1.165, 1.54) is 6.07 Å². The summed E-state index contributed by atoms with van der Waals surface area (Å²) in [5.41, 5.74) is 5.22. The van der Waals surface area contributed by atoms with E-state index in [-0.39, 0.29) is 29.2 Å². The van der Waals surface area contributed by atoms with E-state index in [0.29, 0.717) is 5.56 Å². The summed E-state index contributed by atoms with van der Waals surface area (Å²) in [7, 11) is 0. The van der Waals surface area contributed by atoms with E-state index in [9.17, 15) is 13.2 Å². The number of hydrogen-bond acceptors (Lipinski definition) is 4. The van der Waals surface area contributed by atoms with Gasteiger partial charge in [-0.15, -0.1) is 0 Å². The Labute approximate surface area is 130 Å². The van der Waals surface area contributed by atoms with Crippen molar-refractivity contribution in [2.45, 2.75) is 6.18 Å². The summed E-state index contributed by atoms with van der Waals surface area (Å²) in [5, 5.41) is 16.0. The molecule has 0 bridgehead atoms. The third-order valence-corrected chi connectivity index (χ3v) is 3.15. The van der Waals surface area contributed by atoms with Crippen molar-refractivity contribution < 1.29 is 17.9 Å². The van der Waals surface area contributed by atoms with Gasteiger partial charge in [0, 0.05) is 23.0 Å². The molecule has 0 unspecified atom stereocenters. The highest BCUT2D eigenvalue weighted by Gasteiger charge is 2.32. The number of halogens is 3. The Morgan fingerprint density at radius 1 is 1.22 bits per heavy atom. The maximum absolute atomic E-state index is 13.0. The lowest BCUT2D eigenvalue weighted by Gasteiger charge is -2.16. The van der Waals surface area contributed by atoms with Crippen molar-refractivity contribution in [1.29, 1.82) is 10.7 Å². The van der Waals surface area contributed by atoms with Crippen molar-refractivity contribution in [3.63, 3.8) is 0 Å². The number of ether oxygens (including phenoxy) is 1. The highest BCUT2D eigenvalue weighted by Crippen LogP contribution is 2.39. The number of benzene rings is 2. The molecule has 0 aliphatic heterocycles. The number of hydrogen-bond donors (Lipinski definition) is 2. The molecule has 0 amide bonds. The van der Waals surface area contributed by atoms with Crippen molar-refractivity contribution in [3.8, 4) is 22.9 Å². The van der Waals surface area contributed by atoms with Gasteiger partial charge in [-0.1, -0.05) is 18.2 Å². The predicted octanol–water partition coefficient (Wildman–Crippen LogP) is 3.85. The largest absolute Gasteiger partial charge is 0.478 e. The lowest BCUT2D eigenvalue weighted by Crippen LogP contribution is -2.08. The number of rotatable bonds is 4. The molecule has 0 aliphatic carbocycles. The average Bonchev–Trinajstić information content (AvgIpc) is 2.51. The Bertz CT molecular complexity index is 779. The molecule has 0 saturated carbocycles. The molecule has 7 heteroatoms. The molecule has 0 aliphatic rings. The van der Waals surface area contributed by atoms with Crippen LogP contribution in [0.4, 0.5) is 18.9 Å².